The predicted molar refractivity (Wildman–Crippen MR) is 172 cm³/mol. The number of benzene rings is 2. The average Bonchev–Trinajstić information content (AvgIpc) is 3.35. The van der Waals surface area contributed by atoms with Crippen molar-refractivity contribution in [2.75, 3.05) is 13.7 Å². The highest BCUT2D eigenvalue weighted by molar-refractivity contribution is 5.81. The van der Waals surface area contributed by atoms with Gasteiger partial charge in [0.15, 0.2) is 5.60 Å². The molecule has 0 amide bonds. The van der Waals surface area contributed by atoms with Crippen molar-refractivity contribution in [3.63, 3.8) is 0 Å². The zero-order chi connectivity index (χ0) is 33.1. The molecule has 252 valence electrons. The summed E-state index contributed by atoms with van der Waals surface area (Å²) < 4.78 is 43.2. The summed E-state index contributed by atoms with van der Waals surface area (Å²) in [6.07, 6.45) is 0.155. The third kappa shape index (κ3) is 7.67. The van der Waals surface area contributed by atoms with Gasteiger partial charge in [0.05, 0.1) is 39.1 Å². The molecule has 0 bridgehead atoms. The van der Waals surface area contributed by atoms with Gasteiger partial charge in [0, 0.05) is 11.3 Å². The number of carbonyl (C=O) groups excluding carboxylic acids is 1. The van der Waals surface area contributed by atoms with Crippen LogP contribution in [0.1, 0.15) is 71.9 Å². The van der Waals surface area contributed by atoms with Crippen LogP contribution in [0.25, 0.3) is 0 Å². The van der Waals surface area contributed by atoms with Crippen molar-refractivity contribution in [3.05, 3.63) is 77.4 Å². The lowest BCUT2D eigenvalue weighted by molar-refractivity contribution is -0.343. The fourth-order valence-electron chi connectivity index (χ4n) is 6.26. The summed E-state index contributed by atoms with van der Waals surface area (Å²) in [6, 6.07) is 17.8. The largest absolute Gasteiger partial charge is 0.497 e. The highest BCUT2D eigenvalue weighted by Gasteiger charge is 2.60. The second-order valence-corrected chi connectivity index (χ2v) is 14.2. The van der Waals surface area contributed by atoms with Crippen molar-refractivity contribution in [2.45, 2.75) is 116 Å². The lowest BCUT2D eigenvalue weighted by Gasteiger charge is -2.50. The summed E-state index contributed by atoms with van der Waals surface area (Å²) in [5.41, 5.74) is 1.15. The number of cyclic esters (lactones) is 1. The van der Waals surface area contributed by atoms with E-state index in [1.807, 2.05) is 81.4 Å². The maximum absolute atomic E-state index is 13.1. The molecule has 2 aromatic rings. The predicted octanol–water partition coefficient (Wildman–Crippen LogP) is 6.11. The van der Waals surface area contributed by atoms with Gasteiger partial charge in [0.2, 0.25) is 12.1 Å². The number of aliphatic hydroxyl groups is 1. The van der Waals surface area contributed by atoms with Crippen LogP contribution in [0.5, 0.6) is 5.75 Å². The molecule has 1 N–H and O–H groups in total. The van der Waals surface area contributed by atoms with E-state index in [4.69, 9.17) is 33.2 Å². The molecule has 46 heavy (non-hydrogen) atoms. The van der Waals surface area contributed by atoms with Crippen LogP contribution in [0.2, 0.25) is 0 Å². The fourth-order valence-corrected chi connectivity index (χ4v) is 6.26. The van der Waals surface area contributed by atoms with Gasteiger partial charge >= 0.3 is 5.97 Å². The Morgan fingerprint density at radius 1 is 0.957 bits per heavy atom. The van der Waals surface area contributed by atoms with Gasteiger partial charge in [-0.05, 0) is 62.4 Å². The summed E-state index contributed by atoms with van der Waals surface area (Å²) in [5.74, 6) is -1.05. The number of hydrogen-bond acceptors (Lipinski definition) is 9. The smallest absolute Gasteiger partial charge is 0.343 e. The molecule has 9 heteroatoms. The van der Waals surface area contributed by atoms with Crippen molar-refractivity contribution < 1.29 is 43.1 Å². The Labute approximate surface area is 273 Å². The van der Waals surface area contributed by atoms with Crippen LogP contribution in [0.15, 0.2) is 66.2 Å². The fraction of sp³-hybridized carbons (Fsp3) is 0.595. The standard InChI is InChI=1S/C37H50O9/c1-24-19-30(25(2)21-41-22-27-13-15-28(40-7)16-14-27)45-37(20-24)31(42-23-26-11-9-8-10-12-26)18-17-29(44-37)32(38)36(6)33(39)43-34(46-36)35(3,4)5/h8-16,20,25,29-32,34,38H,17-19,21-23H2,1-7H3/t25-,29+,30+,31-,32+,34-,36-,37-/m1/s1. The topological polar surface area (TPSA) is 102 Å². The highest BCUT2D eigenvalue weighted by Crippen LogP contribution is 2.45. The van der Waals surface area contributed by atoms with Gasteiger partial charge in [0.25, 0.3) is 0 Å². The summed E-state index contributed by atoms with van der Waals surface area (Å²) >= 11 is 0. The number of esters is 1. The van der Waals surface area contributed by atoms with E-state index in [0.717, 1.165) is 22.4 Å². The molecule has 0 aromatic heterocycles. The van der Waals surface area contributed by atoms with E-state index in [0.29, 0.717) is 39.1 Å². The van der Waals surface area contributed by atoms with Crippen LogP contribution >= 0.6 is 0 Å². The molecule has 3 heterocycles. The van der Waals surface area contributed by atoms with Crippen LogP contribution in [0.4, 0.5) is 0 Å². The molecule has 3 aliphatic heterocycles. The van der Waals surface area contributed by atoms with Crippen LogP contribution in [-0.4, -0.2) is 66.9 Å². The van der Waals surface area contributed by atoms with E-state index >= 15 is 0 Å². The quantitative estimate of drug-likeness (QED) is 0.231. The average molecular weight is 639 g/mol. The van der Waals surface area contributed by atoms with Gasteiger partial charge in [-0.3, -0.25) is 0 Å². The first-order valence-corrected chi connectivity index (χ1v) is 16.3. The molecule has 2 saturated heterocycles. The van der Waals surface area contributed by atoms with Gasteiger partial charge in [-0.1, -0.05) is 75.7 Å². The van der Waals surface area contributed by atoms with Crippen LogP contribution in [0, 0.1) is 11.3 Å². The van der Waals surface area contributed by atoms with Crippen molar-refractivity contribution >= 4 is 5.97 Å². The Kier molecular flexibility index (Phi) is 10.6. The number of carbonyl (C=O) groups is 1. The second-order valence-electron chi connectivity index (χ2n) is 14.2. The first kappa shape index (κ1) is 34.5. The Morgan fingerprint density at radius 2 is 1.63 bits per heavy atom. The normalized spacial score (nSPS) is 31.3. The van der Waals surface area contributed by atoms with E-state index < -0.39 is 47.4 Å². The van der Waals surface area contributed by atoms with Crippen molar-refractivity contribution in [3.8, 4) is 5.75 Å². The van der Waals surface area contributed by atoms with Gasteiger partial charge in [-0.2, -0.15) is 0 Å². The Hall–Kier alpha value is -2.79. The lowest BCUT2D eigenvalue weighted by Crippen LogP contribution is -2.62. The number of rotatable bonds is 11. The van der Waals surface area contributed by atoms with Crippen molar-refractivity contribution in [1.29, 1.82) is 0 Å². The van der Waals surface area contributed by atoms with E-state index in [1.165, 1.54) is 0 Å². The van der Waals surface area contributed by atoms with Gasteiger partial charge in [-0.15, -0.1) is 0 Å². The van der Waals surface area contributed by atoms with Crippen molar-refractivity contribution in [1.82, 2.24) is 0 Å². The maximum atomic E-state index is 13.1. The van der Waals surface area contributed by atoms with Crippen molar-refractivity contribution in [2.24, 2.45) is 11.3 Å². The number of hydrogen-bond donors (Lipinski definition) is 1. The SMILES string of the molecule is COc1ccc(COC[C@@H](C)[C@@H]2CC(C)=C[C@]3(O2)O[C@H]([C@H](O)[C@@]2(C)O[C@H](C(C)(C)C)OC2=O)CC[C@H]3OCc2ccccc2)cc1. The third-order valence-electron chi connectivity index (χ3n) is 9.14. The zero-order valence-electron chi connectivity index (χ0n) is 28.2. The molecule has 0 radical (unpaired) electrons. The molecule has 2 aromatic carbocycles. The summed E-state index contributed by atoms with van der Waals surface area (Å²) in [7, 11) is 1.65. The molecule has 1 spiro atoms. The van der Waals surface area contributed by atoms with E-state index in [1.54, 1.807) is 14.0 Å². The number of ether oxygens (including phenoxy) is 7. The molecule has 2 fully saturated rings. The molecular formula is C37H50O9. The van der Waals surface area contributed by atoms with Crippen LogP contribution in [0.3, 0.4) is 0 Å². The van der Waals surface area contributed by atoms with E-state index in [-0.39, 0.29) is 12.0 Å². The Morgan fingerprint density at radius 3 is 2.28 bits per heavy atom. The lowest BCUT2D eigenvalue weighted by atomic mass is 9.85. The van der Waals surface area contributed by atoms with E-state index in [2.05, 4.69) is 13.8 Å². The van der Waals surface area contributed by atoms with Gasteiger partial charge in [0.1, 0.15) is 18.0 Å². The summed E-state index contributed by atoms with van der Waals surface area (Å²) in [4.78, 5) is 13.1. The molecule has 0 saturated carbocycles. The first-order valence-electron chi connectivity index (χ1n) is 16.3. The number of methoxy groups -OCH3 is 1. The minimum Gasteiger partial charge on any atom is -0.497 e. The molecular weight excluding hydrogens is 588 g/mol. The molecule has 8 atom stereocenters. The minimum absolute atomic E-state index is 0.0284. The highest BCUT2D eigenvalue weighted by atomic mass is 16.8. The maximum Gasteiger partial charge on any atom is 0.343 e. The first-order chi connectivity index (χ1) is 21.8. The van der Waals surface area contributed by atoms with E-state index in [9.17, 15) is 9.90 Å². The Bertz CT molecular complexity index is 1340. The molecule has 0 aliphatic carbocycles. The second kappa shape index (κ2) is 14.1. The molecule has 9 nitrogen and oxygen atoms in total. The molecule has 5 rings (SSSR count). The molecule has 3 aliphatic rings. The Balaban J connectivity index is 1.33. The number of aliphatic hydroxyl groups excluding tert-OH is 1. The summed E-state index contributed by atoms with van der Waals surface area (Å²) in [5, 5.41) is 11.7. The zero-order valence-corrected chi connectivity index (χ0v) is 28.2. The van der Waals surface area contributed by atoms with Gasteiger partial charge in [-0.25, -0.2) is 4.79 Å². The van der Waals surface area contributed by atoms with Crippen LogP contribution in [-0.2, 0) is 46.4 Å². The van der Waals surface area contributed by atoms with Gasteiger partial charge < -0.3 is 38.3 Å². The third-order valence-corrected chi connectivity index (χ3v) is 9.14. The molecule has 0 unspecified atom stereocenters. The minimum atomic E-state index is -1.59. The monoisotopic (exact) mass is 638 g/mol. The summed E-state index contributed by atoms with van der Waals surface area (Å²) in [6.45, 7) is 12.9. The van der Waals surface area contributed by atoms with Crippen LogP contribution < -0.4 is 4.74 Å².